The van der Waals surface area contributed by atoms with E-state index >= 15 is 0 Å². The van der Waals surface area contributed by atoms with E-state index in [0.29, 0.717) is 13.0 Å². The third-order valence-electron chi connectivity index (χ3n) is 4.55. The smallest absolute Gasteiger partial charge is 0.323 e. The van der Waals surface area contributed by atoms with E-state index in [-0.39, 0.29) is 0 Å². The minimum atomic E-state index is -0.765. The predicted molar refractivity (Wildman–Crippen MR) is 83.0 cm³/mol. The van der Waals surface area contributed by atoms with Gasteiger partial charge in [-0.25, -0.2) is 0 Å². The Hall–Kier alpha value is -0.610. The first kappa shape index (κ1) is 17.4. The molecule has 0 heterocycles. The second-order valence-corrected chi connectivity index (χ2v) is 6.54. The van der Waals surface area contributed by atoms with Crippen molar-refractivity contribution in [1.82, 2.24) is 10.2 Å². The fraction of sp³-hybridized carbons (Fsp3) is 0.938. The number of nitrogens with zero attached hydrogens (tertiary/aromatic N) is 1. The van der Waals surface area contributed by atoms with Gasteiger partial charge >= 0.3 is 5.97 Å². The average Bonchev–Trinajstić information content (AvgIpc) is 2.87. The van der Waals surface area contributed by atoms with Gasteiger partial charge in [0.25, 0.3) is 0 Å². The van der Waals surface area contributed by atoms with E-state index in [1.807, 2.05) is 6.92 Å². The SMILES string of the molecule is CCNC(C)(CCCCN(C)CC1CCCC1)C(=O)O. The Morgan fingerprint density at radius 2 is 2.00 bits per heavy atom. The zero-order valence-corrected chi connectivity index (χ0v) is 13.5. The number of unbranched alkanes of at least 4 members (excludes halogenated alkanes) is 1. The van der Waals surface area contributed by atoms with Crippen LogP contribution in [0.3, 0.4) is 0 Å². The quantitative estimate of drug-likeness (QED) is 0.606. The first-order valence-corrected chi connectivity index (χ1v) is 8.15. The number of carboxylic acids is 1. The lowest BCUT2D eigenvalue weighted by Gasteiger charge is -2.26. The van der Waals surface area contributed by atoms with Gasteiger partial charge < -0.3 is 15.3 Å². The van der Waals surface area contributed by atoms with Gasteiger partial charge in [-0.2, -0.15) is 0 Å². The summed E-state index contributed by atoms with van der Waals surface area (Å²) in [7, 11) is 2.19. The van der Waals surface area contributed by atoms with Crippen LogP contribution in [-0.2, 0) is 4.79 Å². The molecule has 0 spiro atoms. The van der Waals surface area contributed by atoms with Gasteiger partial charge in [-0.3, -0.25) is 4.79 Å². The van der Waals surface area contributed by atoms with Crippen molar-refractivity contribution in [1.29, 1.82) is 0 Å². The molecule has 1 unspecified atom stereocenters. The lowest BCUT2D eigenvalue weighted by Crippen LogP contribution is -2.49. The van der Waals surface area contributed by atoms with Crippen LogP contribution in [0, 0.1) is 5.92 Å². The number of nitrogens with one attached hydrogen (secondary N) is 1. The summed E-state index contributed by atoms with van der Waals surface area (Å²) in [6.45, 7) is 6.74. The summed E-state index contributed by atoms with van der Waals surface area (Å²) in [6, 6.07) is 0. The van der Waals surface area contributed by atoms with E-state index in [9.17, 15) is 9.90 Å². The molecule has 118 valence electrons. The molecule has 0 saturated heterocycles. The van der Waals surface area contributed by atoms with Crippen molar-refractivity contribution in [3.8, 4) is 0 Å². The second kappa shape index (κ2) is 8.63. The summed E-state index contributed by atoms with van der Waals surface area (Å²) in [5.41, 5.74) is -0.765. The highest BCUT2D eigenvalue weighted by atomic mass is 16.4. The summed E-state index contributed by atoms with van der Waals surface area (Å²) in [4.78, 5) is 13.7. The largest absolute Gasteiger partial charge is 0.480 e. The Bertz CT molecular complexity index is 290. The van der Waals surface area contributed by atoms with Crippen molar-refractivity contribution in [2.24, 2.45) is 5.92 Å². The number of rotatable bonds is 10. The molecule has 2 N–H and O–H groups in total. The molecule has 0 amide bonds. The van der Waals surface area contributed by atoms with Crippen LogP contribution >= 0.6 is 0 Å². The number of carbonyl (C=O) groups is 1. The van der Waals surface area contributed by atoms with Crippen molar-refractivity contribution in [2.75, 3.05) is 26.7 Å². The van der Waals surface area contributed by atoms with Crippen molar-refractivity contribution >= 4 is 5.97 Å². The van der Waals surface area contributed by atoms with E-state index in [4.69, 9.17) is 0 Å². The number of aliphatic carboxylic acids is 1. The van der Waals surface area contributed by atoms with Crippen LogP contribution in [0.5, 0.6) is 0 Å². The van der Waals surface area contributed by atoms with Gasteiger partial charge in [0, 0.05) is 6.54 Å². The maximum Gasteiger partial charge on any atom is 0.323 e. The van der Waals surface area contributed by atoms with Crippen LogP contribution in [0.4, 0.5) is 0 Å². The minimum Gasteiger partial charge on any atom is -0.480 e. The standard InChI is InChI=1S/C16H32N2O2/c1-4-17-16(2,15(19)20)11-7-8-12-18(3)13-14-9-5-6-10-14/h14,17H,4-13H2,1-3H3,(H,19,20). The molecular weight excluding hydrogens is 252 g/mol. The average molecular weight is 284 g/mol. The van der Waals surface area contributed by atoms with Crippen molar-refractivity contribution < 1.29 is 9.90 Å². The zero-order valence-electron chi connectivity index (χ0n) is 13.5. The highest BCUT2D eigenvalue weighted by molar-refractivity contribution is 5.78. The maximum absolute atomic E-state index is 11.3. The van der Waals surface area contributed by atoms with Gasteiger partial charge in [0.15, 0.2) is 0 Å². The summed E-state index contributed by atoms with van der Waals surface area (Å²) < 4.78 is 0. The van der Waals surface area contributed by atoms with Crippen LogP contribution in [0.15, 0.2) is 0 Å². The normalized spacial score (nSPS) is 19.4. The molecule has 0 aliphatic heterocycles. The van der Waals surface area contributed by atoms with Gasteiger partial charge in [-0.15, -0.1) is 0 Å². The van der Waals surface area contributed by atoms with E-state index < -0.39 is 11.5 Å². The topological polar surface area (TPSA) is 52.6 Å². The highest BCUT2D eigenvalue weighted by Crippen LogP contribution is 2.25. The Labute approximate surface area is 123 Å². The van der Waals surface area contributed by atoms with E-state index in [1.54, 1.807) is 6.92 Å². The molecule has 0 aromatic carbocycles. The van der Waals surface area contributed by atoms with Crippen LogP contribution in [0.25, 0.3) is 0 Å². The van der Waals surface area contributed by atoms with Crippen molar-refractivity contribution in [3.63, 3.8) is 0 Å². The van der Waals surface area contributed by atoms with Gasteiger partial charge in [0.2, 0.25) is 0 Å². The first-order valence-electron chi connectivity index (χ1n) is 8.15. The van der Waals surface area contributed by atoms with Gasteiger partial charge in [0.1, 0.15) is 5.54 Å². The predicted octanol–water partition coefficient (Wildman–Crippen LogP) is 2.73. The number of hydrogen-bond acceptors (Lipinski definition) is 3. The van der Waals surface area contributed by atoms with Gasteiger partial charge in [-0.1, -0.05) is 19.8 Å². The van der Waals surface area contributed by atoms with Crippen LogP contribution in [0.2, 0.25) is 0 Å². The number of likely N-dealkylation sites (N-methyl/N-ethyl adjacent to an activating group) is 1. The highest BCUT2D eigenvalue weighted by Gasteiger charge is 2.31. The fourth-order valence-corrected chi connectivity index (χ4v) is 3.25. The Morgan fingerprint density at radius 3 is 2.55 bits per heavy atom. The Kier molecular flexibility index (Phi) is 7.52. The number of carboxylic acid groups (broad SMARTS) is 1. The molecule has 0 aromatic rings. The summed E-state index contributed by atoms with van der Waals surface area (Å²) in [5.74, 6) is 0.157. The lowest BCUT2D eigenvalue weighted by atomic mass is 9.94. The van der Waals surface area contributed by atoms with Crippen LogP contribution in [0.1, 0.15) is 58.8 Å². The lowest BCUT2D eigenvalue weighted by molar-refractivity contribution is -0.144. The third-order valence-corrected chi connectivity index (χ3v) is 4.55. The molecule has 4 heteroatoms. The Balaban J connectivity index is 2.17. The molecule has 0 aromatic heterocycles. The molecule has 1 atom stereocenters. The van der Waals surface area contributed by atoms with Crippen LogP contribution in [-0.4, -0.2) is 48.2 Å². The van der Waals surface area contributed by atoms with E-state index in [1.165, 1.54) is 32.2 Å². The molecule has 0 radical (unpaired) electrons. The molecule has 1 saturated carbocycles. The van der Waals surface area contributed by atoms with Crippen LogP contribution < -0.4 is 5.32 Å². The molecule has 4 nitrogen and oxygen atoms in total. The third kappa shape index (κ3) is 5.80. The van der Waals surface area contributed by atoms with Crippen molar-refractivity contribution in [3.05, 3.63) is 0 Å². The molecule has 1 fully saturated rings. The fourth-order valence-electron chi connectivity index (χ4n) is 3.25. The molecule has 1 aliphatic rings. The molecule has 0 bridgehead atoms. The van der Waals surface area contributed by atoms with Gasteiger partial charge in [0.05, 0.1) is 0 Å². The Morgan fingerprint density at radius 1 is 1.35 bits per heavy atom. The molecule has 20 heavy (non-hydrogen) atoms. The summed E-state index contributed by atoms with van der Waals surface area (Å²) >= 11 is 0. The van der Waals surface area contributed by atoms with E-state index in [2.05, 4.69) is 17.3 Å². The van der Waals surface area contributed by atoms with Crippen molar-refractivity contribution in [2.45, 2.75) is 64.3 Å². The summed E-state index contributed by atoms with van der Waals surface area (Å²) in [6.07, 6.45) is 8.33. The monoisotopic (exact) mass is 284 g/mol. The second-order valence-electron chi connectivity index (χ2n) is 6.54. The van der Waals surface area contributed by atoms with E-state index in [0.717, 1.165) is 25.3 Å². The molecule has 1 aliphatic carbocycles. The molecule has 1 rings (SSSR count). The summed E-state index contributed by atoms with van der Waals surface area (Å²) in [5, 5.41) is 12.4. The zero-order chi connectivity index (χ0) is 15.0. The molecular formula is C16H32N2O2. The van der Waals surface area contributed by atoms with Gasteiger partial charge in [-0.05, 0) is 65.1 Å². The maximum atomic E-state index is 11.3. The first-order chi connectivity index (χ1) is 9.48. The number of hydrogen-bond donors (Lipinski definition) is 2. The minimum absolute atomic E-state index is 0.699.